The number of hydrogen-bond donors (Lipinski definition) is 1. The fourth-order valence-electron chi connectivity index (χ4n) is 2.50. The molecule has 1 aliphatic heterocycles. The van der Waals surface area contributed by atoms with Crippen LogP contribution in [0.25, 0.3) is 0 Å². The highest BCUT2D eigenvalue weighted by Crippen LogP contribution is 2.11. The molecular weight excluding hydrogens is 274 g/mol. The van der Waals surface area contributed by atoms with E-state index in [4.69, 9.17) is 14.6 Å². The van der Waals surface area contributed by atoms with Crippen molar-refractivity contribution in [3.05, 3.63) is 0 Å². The van der Waals surface area contributed by atoms with Crippen molar-refractivity contribution in [3.8, 4) is 0 Å². The van der Waals surface area contributed by atoms with E-state index in [1.54, 1.807) is 4.90 Å². The average Bonchev–Trinajstić information content (AvgIpc) is 2.37. The number of carboxylic acid groups (broad SMARTS) is 1. The number of rotatable bonds is 8. The number of ether oxygens (including phenoxy) is 2. The lowest BCUT2D eigenvalue weighted by atomic mass is 10.1. The van der Waals surface area contributed by atoms with E-state index in [0.29, 0.717) is 38.6 Å². The number of carboxylic acids is 1. The predicted molar refractivity (Wildman–Crippen MR) is 78.1 cm³/mol. The first-order valence-electron chi connectivity index (χ1n) is 7.61. The van der Waals surface area contributed by atoms with Crippen molar-refractivity contribution in [2.24, 2.45) is 5.92 Å². The number of nitrogens with zero attached hydrogens (tertiary/aromatic N) is 1. The molecule has 1 fully saturated rings. The van der Waals surface area contributed by atoms with E-state index in [2.05, 4.69) is 13.8 Å². The Kier molecular flexibility index (Phi) is 7.67. The molecule has 6 nitrogen and oxygen atoms in total. The van der Waals surface area contributed by atoms with Gasteiger partial charge in [0.1, 0.15) is 0 Å². The van der Waals surface area contributed by atoms with Crippen LogP contribution in [-0.2, 0) is 19.1 Å². The van der Waals surface area contributed by atoms with Gasteiger partial charge in [0.15, 0.2) is 0 Å². The molecule has 0 spiro atoms. The molecule has 0 saturated carbocycles. The molecule has 2 atom stereocenters. The average molecular weight is 301 g/mol. The second-order valence-corrected chi connectivity index (χ2v) is 5.99. The van der Waals surface area contributed by atoms with Gasteiger partial charge < -0.3 is 19.5 Å². The Morgan fingerprint density at radius 2 is 2.10 bits per heavy atom. The van der Waals surface area contributed by atoms with E-state index in [1.807, 2.05) is 6.92 Å². The molecular formula is C15H27NO5. The van der Waals surface area contributed by atoms with Crippen LogP contribution in [0.15, 0.2) is 0 Å². The molecule has 122 valence electrons. The molecule has 0 radical (unpaired) electrons. The summed E-state index contributed by atoms with van der Waals surface area (Å²) in [5.41, 5.74) is 0. The maximum Gasteiger partial charge on any atom is 0.306 e. The minimum Gasteiger partial charge on any atom is -0.481 e. The Morgan fingerprint density at radius 1 is 1.38 bits per heavy atom. The van der Waals surface area contributed by atoms with Gasteiger partial charge in [0, 0.05) is 13.1 Å². The molecule has 6 heteroatoms. The first-order valence-corrected chi connectivity index (χ1v) is 7.61. The molecule has 1 rings (SSSR count). The lowest BCUT2D eigenvalue weighted by molar-refractivity contribution is -0.148. The van der Waals surface area contributed by atoms with Crippen LogP contribution in [-0.4, -0.2) is 60.4 Å². The third-order valence-corrected chi connectivity index (χ3v) is 3.42. The molecule has 0 aromatic rings. The zero-order valence-corrected chi connectivity index (χ0v) is 13.2. The number of amides is 1. The minimum atomic E-state index is -0.903. The Hall–Kier alpha value is -1.14. The first kappa shape index (κ1) is 17.9. The summed E-state index contributed by atoms with van der Waals surface area (Å²) in [5.74, 6) is -0.322. The normalized spacial score (nSPS) is 20.6. The molecule has 0 bridgehead atoms. The number of carbonyl (C=O) groups is 2. The summed E-state index contributed by atoms with van der Waals surface area (Å²) in [7, 11) is 0. The van der Waals surface area contributed by atoms with Gasteiger partial charge >= 0.3 is 5.97 Å². The topological polar surface area (TPSA) is 76.1 Å². The lowest BCUT2D eigenvalue weighted by Crippen LogP contribution is -2.46. The molecule has 0 aromatic heterocycles. The zero-order chi connectivity index (χ0) is 15.8. The van der Waals surface area contributed by atoms with Crippen molar-refractivity contribution in [1.29, 1.82) is 0 Å². The zero-order valence-electron chi connectivity index (χ0n) is 13.2. The number of aliphatic carboxylic acids is 1. The summed E-state index contributed by atoms with van der Waals surface area (Å²) in [4.78, 5) is 24.4. The van der Waals surface area contributed by atoms with E-state index in [9.17, 15) is 9.59 Å². The largest absolute Gasteiger partial charge is 0.481 e. The Bertz CT molecular complexity index is 345. The van der Waals surface area contributed by atoms with Gasteiger partial charge in [-0.2, -0.15) is 0 Å². The van der Waals surface area contributed by atoms with Crippen LogP contribution in [0.4, 0.5) is 0 Å². The van der Waals surface area contributed by atoms with Gasteiger partial charge in [-0.1, -0.05) is 13.8 Å². The van der Waals surface area contributed by atoms with Crippen molar-refractivity contribution in [3.63, 3.8) is 0 Å². The molecule has 0 aliphatic carbocycles. The Morgan fingerprint density at radius 3 is 2.71 bits per heavy atom. The fourth-order valence-corrected chi connectivity index (χ4v) is 2.50. The van der Waals surface area contributed by atoms with Crippen molar-refractivity contribution < 1.29 is 24.2 Å². The van der Waals surface area contributed by atoms with Gasteiger partial charge in [-0.25, -0.2) is 0 Å². The van der Waals surface area contributed by atoms with E-state index < -0.39 is 12.1 Å². The summed E-state index contributed by atoms with van der Waals surface area (Å²) in [6.45, 7) is 7.98. The van der Waals surface area contributed by atoms with Gasteiger partial charge in [-0.3, -0.25) is 9.59 Å². The molecule has 0 aromatic carbocycles. The van der Waals surface area contributed by atoms with E-state index in [-0.39, 0.29) is 18.4 Å². The summed E-state index contributed by atoms with van der Waals surface area (Å²) in [6, 6.07) is 0. The van der Waals surface area contributed by atoms with Gasteiger partial charge in [0.25, 0.3) is 0 Å². The molecule has 1 saturated heterocycles. The molecule has 1 heterocycles. The molecule has 1 N–H and O–H groups in total. The molecule has 21 heavy (non-hydrogen) atoms. The quantitative estimate of drug-likeness (QED) is 0.736. The van der Waals surface area contributed by atoms with Gasteiger partial charge in [-0.05, 0) is 19.3 Å². The van der Waals surface area contributed by atoms with E-state index in [0.717, 1.165) is 6.42 Å². The summed E-state index contributed by atoms with van der Waals surface area (Å²) in [5, 5.41) is 8.76. The summed E-state index contributed by atoms with van der Waals surface area (Å²) >= 11 is 0. The van der Waals surface area contributed by atoms with E-state index >= 15 is 0 Å². The van der Waals surface area contributed by atoms with Crippen molar-refractivity contribution >= 4 is 11.9 Å². The third kappa shape index (κ3) is 7.43. The number of hydrogen-bond acceptors (Lipinski definition) is 4. The van der Waals surface area contributed by atoms with Crippen LogP contribution in [0, 0.1) is 5.92 Å². The van der Waals surface area contributed by atoms with Gasteiger partial charge in [0.05, 0.1) is 38.3 Å². The Balaban J connectivity index is 2.26. The smallest absolute Gasteiger partial charge is 0.306 e. The Labute approximate surface area is 126 Å². The highest BCUT2D eigenvalue weighted by Gasteiger charge is 2.25. The van der Waals surface area contributed by atoms with Crippen LogP contribution in [0.5, 0.6) is 0 Å². The second kappa shape index (κ2) is 9.00. The molecule has 0 unspecified atom stereocenters. The van der Waals surface area contributed by atoms with Gasteiger partial charge in [0.2, 0.25) is 5.91 Å². The molecule has 1 aliphatic rings. The SMILES string of the molecule is CC(C)C[C@H](C)OCCC(=O)N1CCO[C@H](CC(=O)O)C1. The number of morpholine rings is 1. The van der Waals surface area contributed by atoms with Crippen LogP contribution >= 0.6 is 0 Å². The highest BCUT2D eigenvalue weighted by atomic mass is 16.5. The predicted octanol–water partition coefficient (Wildman–Crippen LogP) is 1.53. The van der Waals surface area contributed by atoms with Crippen LogP contribution < -0.4 is 0 Å². The van der Waals surface area contributed by atoms with E-state index in [1.165, 1.54) is 0 Å². The van der Waals surface area contributed by atoms with Crippen LogP contribution in [0.2, 0.25) is 0 Å². The van der Waals surface area contributed by atoms with Crippen molar-refractivity contribution in [2.45, 2.75) is 52.2 Å². The third-order valence-electron chi connectivity index (χ3n) is 3.42. The lowest BCUT2D eigenvalue weighted by Gasteiger charge is -2.32. The summed E-state index contributed by atoms with van der Waals surface area (Å²) < 4.78 is 11.0. The monoisotopic (exact) mass is 301 g/mol. The second-order valence-electron chi connectivity index (χ2n) is 5.99. The van der Waals surface area contributed by atoms with Crippen LogP contribution in [0.1, 0.15) is 40.0 Å². The van der Waals surface area contributed by atoms with Crippen molar-refractivity contribution in [1.82, 2.24) is 4.90 Å². The molecule has 1 amide bonds. The first-order chi connectivity index (χ1) is 9.88. The maximum atomic E-state index is 12.1. The number of carbonyl (C=O) groups excluding carboxylic acids is 1. The van der Waals surface area contributed by atoms with Crippen LogP contribution in [0.3, 0.4) is 0 Å². The van der Waals surface area contributed by atoms with Crippen molar-refractivity contribution in [2.75, 3.05) is 26.3 Å². The standard InChI is InChI=1S/C15H27NO5/c1-11(2)8-12(3)20-6-4-14(17)16-5-7-21-13(10-16)9-15(18)19/h11-13H,4-10H2,1-3H3,(H,18,19)/t12-,13+/m0/s1. The fraction of sp³-hybridized carbons (Fsp3) is 0.867. The van der Waals surface area contributed by atoms with Gasteiger partial charge in [-0.15, -0.1) is 0 Å². The maximum absolute atomic E-state index is 12.1. The minimum absolute atomic E-state index is 0.00503. The highest BCUT2D eigenvalue weighted by molar-refractivity contribution is 5.76. The summed E-state index contributed by atoms with van der Waals surface area (Å²) in [6.07, 6.45) is 1.00.